The molecule has 5 heteroatoms. The summed E-state index contributed by atoms with van der Waals surface area (Å²) in [5.41, 5.74) is 0.554. The summed E-state index contributed by atoms with van der Waals surface area (Å²) in [5.74, 6) is 7.01. The van der Waals surface area contributed by atoms with E-state index in [0.717, 1.165) is 30.7 Å². The predicted molar refractivity (Wildman–Crippen MR) is 101 cm³/mol. The van der Waals surface area contributed by atoms with Gasteiger partial charge in [0, 0.05) is 11.1 Å². The number of halogens is 2. The number of thiocarbonyl (C=S) groups is 1. The highest BCUT2D eigenvalue weighted by Crippen LogP contribution is 2.15. The van der Waals surface area contributed by atoms with Gasteiger partial charge in [0.15, 0.2) is 0 Å². The molecule has 0 aliphatic heterocycles. The van der Waals surface area contributed by atoms with Crippen molar-refractivity contribution < 1.29 is 13.5 Å². The van der Waals surface area contributed by atoms with E-state index < -0.39 is 11.6 Å². The molecule has 0 fully saturated rings. The molecule has 0 radical (unpaired) electrons. The number of benzene rings is 2. The molecule has 2 rings (SSSR count). The van der Waals surface area contributed by atoms with Crippen molar-refractivity contribution in [1.82, 2.24) is 0 Å². The molecule has 0 aromatic heterocycles. The van der Waals surface area contributed by atoms with E-state index in [0.29, 0.717) is 12.2 Å². The lowest BCUT2D eigenvalue weighted by molar-refractivity contribution is 0.309. The van der Waals surface area contributed by atoms with E-state index in [1.165, 1.54) is 0 Å². The zero-order valence-electron chi connectivity index (χ0n) is 14.1. The Labute approximate surface area is 156 Å². The van der Waals surface area contributed by atoms with E-state index in [1.54, 1.807) is 12.1 Å². The molecule has 0 saturated carbocycles. The van der Waals surface area contributed by atoms with Crippen LogP contribution < -0.4 is 4.74 Å². The standard InChI is InChI=1S/C21H15F2NOS/c1-2-3-12-25-18-8-6-16(7-9-18)4-5-17-13-20(22)19(21(23)14-17)10-11-24-15-26/h6-9,13-14H,2-3,12H2,1H3. The Bertz CT molecular complexity index is 917. The Hall–Kier alpha value is -2.98. The van der Waals surface area contributed by atoms with Gasteiger partial charge in [0.05, 0.1) is 23.4 Å². The van der Waals surface area contributed by atoms with Crippen LogP contribution in [0.15, 0.2) is 41.4 Å². The number of nitrogens with zero attached hydrogens (tertiary/aromatic N) is 1. The third-order valence-electron chi connectivity index (χ3n) is 3.30. The number of ether oxygens (including phenoxy) is 1. The van der Waals surface area contributed by atoms with Gasteiger partial charge in [-0.3, -0.25) is 0 Å². The summed E-state index contributed by atoms with van der Waals surface area (Å²) in [4.78, 5) is 3.31. The van der Waals surface area contributed by atoms with Crippen LogP contribution in [0.5, 0.6) is 5.75 Å². The SMILES string of the molecule is CCCCOc1ccc(C#Cc2cc(F)c(C#CN=C=S)c(F)c2)cc1. The van der Waals surface area contributed by atoms with Crippen molar-refractivity contribution in [2.75, 3.05) is 6.61 Å². The summed E-state index contributed by atoms with van der Waals surface area (Å²) in [6, 6.07) is 11.6. The van der Waals surface area contributed by atoms with Crippen molar-refractivity contribution >= 4 is 17.4 Å². The molecule has 26 heavy (non-hydrogen) atoms. The Kier molecular flexibility index (Phi) is 7.52. The number of unbranched alkanes of at least 4 members (excludes halogenated alkanes) is 1. The van der Waals surface area contributed by atoms with Gasteiger partial charge in [-0.15, -0.1) is 4.99 Å². The Morgan fingerprint density at radius 2 is 1.65 bits per heavy atom. The van der Waals surface area contributed by atoms with E-state index in [2.05, 4.69) is 47.9 Å². The number of hydrogen-bond donors (Lipinski definition) is 0. The summed E-state index contributed by atoms with van der Waals surface area (Å²) in [6.07, 6.45) is 2.07. The highest BCUT2D eigenvalue weighted by atomic mass is 32.1. The van der Waals surface area contributed by atoms with Crippen molar-refractivity contribution in [1.29, 1.82) is 0 Å². The molecule has 0 aliphatic rings. The molecule has 2 aromatic rings. The van der Waals surface area contributed by atoms with Crippen LogP contribution in [0.2, 0.25) is 0 Å². The molecule has 0 bridgehead atoms. The molecule has 0 spiro atoms. The first-order valence-corrected chi connectivity index (χ1v) is 8.36. The van der Waals surface area contributed by atoms with Gasteiger partial charge in [-0.1, -0.05) is 25.2 Å². The van der Waals surface area contributed by atoms with Crippen molar-refractivity contribution in [3.63, 3.8) is 0 Å². The maximum absolute atomic E-state index is 13.9. The smallest absolute Gasteiger partial charge is 0.143 e. The van der Waals surface area contributed by atoms with Crippen LogP contribution in [-0.2, 0) is 0 Å². The predicted octanol–water partition coefficient (Wildman–Crippen LogP) is 4.96. The monoisotopic (exact) mass is 367 g/mol. The lowest BCUT2D eigenvalue weighted by Crippen LogP contribution is -1.95. The van der Waals surface area contributed by atoms with Crippen LogP contribution in [0.25, 0.3) is 0 Å². The lowest BCUT2D eigenvalue weighted by atomic mass is 10.1. The number of isothiocyanates is 1. The first-order chi connectivity index (χ1) is 12.6. The minimum absolute atomic E-state index is 0.215. The fourth-order valence-electron chi connectivity index (χ4n) is 1.98. The van der Waals surface area contributed by atoms with Gasteiger partial charge in [-0.25, -0.2) is 8.78 Å². The van der Waals surface area contributed by atoms with E-state index in [9.17, 15) is 8.78 Å². The van der Waals surface area contributed by atoms with Crippen LogP contribution in [0.3, 0.4) is 0 Å². The quantitative estimate of drug-likeness (QED) is 0.330. The average molecular weight is 367 g/mol. The summed E-state index contributed by atoms with van der Waals surface area (Å²) in [6.45, 7) is 2.77. The van der Waals surface area contributed by atoms with Crippen molar-refractivity contribution in [2.45, 2.75) is 19.8 Å². The molecule has 130 valence electrons. The molecule has 0 N–H and O–H groups in total. The summed E-state index contributed by atoms with van der Waals surface area (Å²) in [7, 11) is 0. The van der Waals surface area contributed by atoms with Gasteiger partial charge in [-0.05, 0) is 61.0 Å². The molecule has 0 atom stereocenters. The van der Waals surface area contributed by atoms with Crippen molar-refractivity contribution in [3.8, 4) is 29.6 Å². The van der Waals surface area contributed by atoms with Crippen LogP contribution in [0.4, 0.5) is 8.78 Å². The van der Waals surface area contributed by atoms with Crippen LogP contribution in [-0.4, -0.2) is 11.8 Å². The summed E-state index contributed by atoms with van der Waals surface area (Å²) >= 11 is 4.34. The van der Waals surface area contributed by atoms with Crippen LogP contribution in [0.1, 0.15) is 36.5 Å². The van der Waals surface area contributed by atoms with Crippen LogP contribution in [0, 0.1) is 35.4 Å². The maximum Gasteiger partial charge on any atom is 0.143 e. The van der Waals surface area contributed by atoms with Gasteiger partial charge in [0.1, 0.15) is 17.4 Å². The molecule has 0 amide bonds. The number of hydrogen-bond acceptors (Lipinski definition) is 3. The minimum Gasteiger partial charge on any atom is -0.494 e. The highest BCUT2D eigenvalue weighted by Gasteiger charge is 2.08. The Morgan fingerprint density at radius 1 is 1.00 bits per heavy atom. The molecule has 2 aromatic carbocycles. The summed E-state index contributed by atoms with van der Waals surface area (Å²) in [5, 5.41) is 2.00. The molecule has 0 unspecified atom stereocenters. The second-order valence-electron chi connectivity index (χ2n) is 5.23. The number of aliphatic imine (C=N–C) groups is 1. The van der Waals surface area contributed by atoms with Crippen molar-refractivity contribution in [2.24, 2.45) is 4.99 Å². The zero-order valence-corrected chi connectivity index (χ0v) is 14.9. The average Bonchev–Trinajstić information content (AvgIpc) is 2.63. The lowest BCUT2D eigenvalue weighted by Gasteiger charge is -2.04. The topological polar surface area (TPSA) is 21.6 Å². The fourth-order valence-corrected chi connectivity index (χ4v) is 2.03. The third kappa shape index (κ3) is 5.83. The van der Waals surface area contributed by atoms with Crippen molar-refractivity contribution in [3.05, 3.63) is 64.7 Å². The van der Waals surface area contributed by atoms with E-state index in [1.807, 2.05) is 17.3 Å². The molecular weight excluding hydrogens is 352 g/mol. The second kappa shape index (κ2) is 10.1. The Morgan fingerprint density at radius 3 is 2.27 bits per heavy atom. The van der Waals surface area contributed by atoms with E-state index >= 15 is 0 Å². The first kappa shape index (κ1) is 19.3. The second-order valence-corrected chi connectivity index (χ2v) is 5.41. The first-order valence-electron chi connectivity index (χ1n) is 7.96. The molecule has 0 heterocycles. The van der Waals surface area contributed by atoms with Gasteiger partial charge in [0.2, 0.25) is 0 Å². The molecule has 0 aliphatic carbocycles. The van der Waals surface area contributed by atoms with E-state index in [-0.39, 0.29) is 11.1 Å². The van der Waals surface area contributed by atoms with Crippen LogP contribution >= 0.6 is 12.2 Å². The fraction of sp³-hybridized carbons (Fsp3) is 0.190. The highest BCUT2D eigenvalue weighted by molar-refractivity contribution is 7.78. The minimum atomic E-state index is -0.805. The molecular formula is C21H15F2NOS. The third-order valence-corrected chi connectivity index (χ3v) is 3.39. The normalized spacial score (nSPS) is 9.19. The molecule has 0 saturated heterocycles. The zero-order chi connectivity index (χ0) is 18.8. The Balaban J connectivity index is 2.15. The van der Waals surface area contributed by atoms with Gasteiger partial charge in [0.25, 0.3) is 0 Å². The maximum atomic E-state index is 13.9. The van der Waals surface area contributed by atoms with E-state index in [4.69, 9.17) is 4.74 Å². The largest absolute Gasteiger partial charge is 0.494 e. The van der Waals surface area contributed by atoms with Gasteiger partial charge >= 0.3 is 0 Å². The number of rotatable bonds is 4. The molecule has 2 nitrogen and oxygen atoms in total. The van der Waals surface area contributed by atoms with Gasteiger partial charge < -0.3 is 4.74 Å². The van der Waals surface area contributed by atoms with Gasteiger partial charge in [-0.2, -0.15) is 0 Å². The summed E-state index contributed by atoms with van der Waals surface area (Å²) < 4.78 is 33.5.